The summed E-state index contributed by atoms with van der Waals surface area (Å²) in [5.41, 5.74) is 3.42. The van der Waals surface area contributed by atoms with Crippen molar-refractivity contribution < 1.29 is 14.5 Å². The van der Waals surface area contributed by atoms with E-state index in [1.807, 2.05) is 0 Å². The number of nitro groups is 1. The Labute approximate surface area is 195 Å². The highest BCUT2D eigenvalue weighted by atomic mass is 35.5. The van der Waals surface area contributed by atoms with Gasteiger partial charge in [-0.2, -0.15) is 5.10 Å². The Morgan fingerprint density at radius 2 is 1.81 bits per heavy atom. The molecule has 0 aliphatic heterocycles. The van der Waals surface area contributed by atoms with Crippen LogP contribution in [0, 0.1) is 16.0 Å². The van der Waals surface area contributed by atoms with E-state index >= 15 is 0 Å². The molecule has 0 spiro atoms. The maximum atomic E-state index is 12.6. The van der Waals surface area contributed by atoms with Crippen molar-refractivity contribution in [1.82, 2.24) is 10.7 Å². The summed E-state index contributed by atoms with van der Waals surface area (Å²) < 4.78 is 0. The molecular formula is C21H23Cl2N5O4. The van der Waals surface area contributed by atoms with Gasteiger partial charge in [0.05, 0.1) is 21.2 Å². The van der Waals surface area contributed by atoms with E-state index < -0.39 is 22.8 Å². The zero-order valence-electron chi connectivity index (χ0n) is 17.9. The molecule has 0 radical (unpaired) electrons. The summed E-state index contributed by atoms with van der Waals surface area (Å²) >= 11 is 11.8. The average Bonchev–Trinajstić information content (AvgIpc) is 2.73. The lowest BCUT2D eigenvalue weighted by atomic mass is 10.0. The van der Waals surface area contributed by atoms with Crippen LogP contribution in [0.1, 0.15) is 29.8 Å². The Hall–Kier alpha value is -3.17. The van der Waals surface area contributed by atoms with Crippen molar-refractivity contribution in [3.63, 3.8) is 0 Å². The highest BCUT2D eigenvalue weighted by Gasteiger charge is 2.25. The smallest absolute Gasteiger partial charge is 0.293 e. The van der Waals surface area contributed by atoms with Crippen LogP contribution < -0.4 is 15.6 Å². The highest BCUT2D eigenvalue weighted by Crippen LogP contribution is 2.27. The number of hydrazone groups is 1. The fourth-order valence-electron chi connectivity index (χ4n) is 2.78. The van der Waals surface area contributed by atoms with E-state index in [0.29, 0.717) is 16.3 Å². The molecule has 1 atom stereocenters. The summed E-state index contributed by atoms with van der Waals surface area (Å²) in [4.78, 5) is 37.5. The molecule has 0 fully saturated rings. The van der Waals surface area contributed by atoms with Crippen molar-refractivity contribution in [3.05, 3.63) is 67.7 Å². The molecule has 9 nitrogen and oxygen atoms in total. The van der Waals surface area contributed by atoms with Crippen molar-refractivity contribution in [2.24, 2.45) is 11.0 Å². The van der Waals surface area contributed by atoms with Crippen molar-refractivity contribution in [2.75, 3.05) is 19.0 Å². The van der Waals surface area contributed by atoms with Gasteiger partial charge < -0.3 is 10.2 Å². The first-order valence-corrected chi connectivity index (χ1v) is 10.3. The van der Waals surface area contributed by atoms with Gasteiger partial charge in [0.2, 0.25) is 0 Å². The fraction of sp³-hybridized carbons (Fsp3) is 0.286. The quantitative estimate of drug-likeness (QED) is 0.338. The molecule has 0 aliphatic rings. The molecule has 170 valence electrons. The normalized spacial score (nSPS) is 12.0. The molecule has 2 N–H and O–H groups in total. The molecule has 2 aromatic rings. The second-order valence-electron chi connectivity index (χ2n) is 7.46. The first-order valence-electron chi connectivity index (χ1n) is 9.55. The standard InChI is InChI=1S/C21H23Cl2N5O4/c1-12(2)19(25-20(29)14-6-7-15(22)16(23)10-14)21(30)26-24-11-13-5-8-17(27(3)4)18(9-13)28(31)32/h5-12,19H,1-4H3,(H,25,29)(H,26,30)/b24-11-. The second kappa shape index (κ2) is 10.9. The van der Waals surface area contributed by atoms with E-state index in [1.54, 1.807) is 45.0 Å². The third-order valence-electron chi connectivity index (χ3n) is 4.48. The van der Waals surface area contributed by atoms with Crippen molar-refractivity contribution in [2.45, 2.75) is 19.9 Å². The molecule has 0 heterocycles. The minimum Gasteiger partial charge on any atom is -0.372 e. The van der Waals surface area contributed by atoms with Gasteiger partial charge >= 0.3 is 0 Å². The predicted octanol–water partition coefficient (Wildman–Crippen LogP) is 3.87. The number of halogens is 2. The van der Waals surface area contributed by atoms with Crippen LogP contribution in [0.3, 0.4) is 0 Å². The van der Waals surface area contributed by atoms with Gasteiger partial charge in [-0.1, -0.05) is 43.1 Å². The number of hydrogen-bond donors (Lipinski definition) is 2. The largest absolute Gasteiger partial charge is 0.372 e. The summed E-state index contributed by atoms with van der Waals surface area (Å²) in [6, 6.07) is 8.13. The van der Waals surface area contributed by atoms with Gasteiger partial charge in [-0.15, -0.1) is 0 Å². The monoisotopic (exact) mass is 479 g/mol. The van der Waals surface area contributed by atoms with Crippen molar-refractivity contribution >= 4 is 52.6 Å². The molecular weight excluding hydrogens is 457 g/mol. The van der Waals surface area contributed by atoms with E-state index in [2.05, 4.69) is 15.8 Å². The van der Waals surface area contributed by atoms with Gasteiger partial charge in [-0.25, -0.2) is 5.43 Å². The van der Waals surface area contributed by atoms with E-state index in [0.717, 1.165) is 0 Å². The van der Waals surface area contributed by atoms with E-state index in [-0.39, 0.29) is 22.2 Å². The molecule has 0 aromatic heterocycles. The summed E-state index contributed by atoms with van der Waals surface area (Å²) in [7, 11) is 3.41. The molecule has 0 saturated carbocycles. The number of nitrogens with zero attached hydrogens (tertiary/aromatic N) is 3. The van der Waals surface area contributed by atoms with Gasteiger partial charge in [0.15, 0.2) is 0 Å². The highest BCUT2D eigenvalue weighted by molar-refractivity contribution is 6.42. The zero-order valence-corrected chi connectivity index (χ0v) is 19.4. The molecule has 2 rings (SSSR count). The van der Waals surface area contributed by atoms with Crippen LogP contribution in [-0.4, -0.2) is 43.1 Å². The number of carbonyl (C=O) groups excluding carboxylic acids is 2. The lowest BCUT2D eigenvalue weighted by molar-refractivity contribution is -0.384. The second-order valence-corrected chi connectivity index (χ2v) is 8.27. The predicted molar refractivity (Wildman–Crippen MR) is 126 cm³/mol. The first kappa shape index (κ1) is 25.1. The Balaban J connectivity index is 2.10. The van der Waals surface area contributed by atoms with Crippen molar-refractivity contribution in [3.8, 4) is 0 Å². The molecule has 1 unspecified atom stereocenters. The van der Waals surface area contributed by atoms with Crippen LogP contribution in [-0.2, 0) is 4.79 Å². The number of nitro benzene ring substituents is 1. The Kier molecular flexibility index (Phi) is 8.56. The molecule has 2 amide bonds. The Morgan fingerprint density at radius 1 is 1.12 bits per heavy atom. The summed E-state index contributed by atoms with van der Waals surface area (Å²) in [5, 5.41) is 18.4. The van der Waals surface area contributed by atoms with E-state index in [4.69, 9.17) is 23.2 Å². The van der Waals surface area contributed by atoms with Gasteiger partial charge in [0.1, 0.15) is 11.7 Å². The molecule has 2 aromatic carbocycles. The Bertz CT molecular complexity index is 1060. The van der Waals surface area contributed by atoms with Crippen LogP contribution >= 0.6 is 23.2 Å². The lowest BCUT2D eigenvalue weighted by Crippen LogP contribution is -2.48. The number of amides is 2. The van der Waals surface area contributed by atoms with Gasteiger partial charge in [-0.05, 0) is 30.2 Å². The van der Waals surface area contributed by atoms with Crippen LogP contribution in [0.2, 0.25) is 10.0 Å². The third-order valence-corrected chi connectivity index (χ3v) is 5.22. The number of carbonyl (C=O) groups is 2. The minimum atomic E-state index is -0.875. The topological polar surface area (TPSA) is 117 Å². The van der Waals surface area contributed by atoms with Crippen LogP contribution in [0.15, 0.2) is 41.5 Å². The van der Waals surface area contributed by atoms with Crippen molar-refractivity contribution in [1.29, 1.82) is 0 Å². The first-order chi connectivity index (χ1) is 15.0. The van der Waals surface area contributed by atoms with Gasteiger partial charge in [-0.3, -0.25) is 19.7 Å². The average molecular weight is 480 g/mol. The third kappa shape index (κ3) is 6.41. The van der Waals surface area contributed by atoms with Gasteiger partial charge in [0.25, 0.3) is 17.5 Å². The summed E-state index contributed by atoms with van der Waals surface area (Å²) in [5.74, 6) is -1.27. The maximum Gasteiger partial charge on any atom is 0.293 e. The van der Waals surface area contributed by atoms with Crippen LogP contribution in [0.5, 0.6) is 0 Å². The summed E-state index contributed by atoms with van der Waals surface area (Å²) in [6.07, 6.45) is 1.29. The number of benzene rings is 2. The molecule has 11 heteroatoms. The van der Waals surface area contributed by atoms with E-state index in [1.165, 1.54) is 30.5 Å². The molecule has 0 aliphatic carbocycles. The fourth-order valence-corrected chi connectivity index (χ4v) is 3.08. The SMILES string of the molecule is CC(C)C(NC(=O)c1ccc(Cl)c(Cl)c1)C(=O)N/N=C\c1ccc(N(C)C)c([N+](=O)[O-])c1. The molecule has 0 bridgehead atoms. The molecule has 0 saturated heterocycles. The summed E-state index contributed by atoms with van der Waals surface area (Å²) in [6.45, 7) is 3.54. The number of rotatable bonds is 8. The van der Waals surface area contributed by atoms with Gasteiger partial charge in [0, 0.05) is 31.3 Å². The number of nitrogens with one attached hydrogen (secondary N) is 2. The zero-order chi connectivity index (χ0) is 24.0. The number of hydrogen-bond acceptors (Lipinski definition) is 6. The molecule has 32 heavy (non-hydrogen) atoms. The van der Waals surface area contributed by atoms with E-state index in [9.17, 15) is 19.7 Å². The number of anilines is 1. The maximum absolute atomic E-state index is 12.6. The lowest BCUT2D eigenvalue weighted by Gasteiger charge is -2.20. The Morgan fingerprint density at radius 3 is 2.38 bits per heavy atom. The minimum absolute atomic E-state index is 0.0841. The van der Waals surface area contributed by atoms with Crippen LogP contribution in [0.4, 0.5) is 11.4 Å². The van der Waals surface area contributed by atoms with Crippen LogP contribution in [0.25, 0.3) is 0 Å².